The first-order valence-corrected chi connectivity index (χ1v) is 21.1. The Morgan fingerprint density at radius 1 is 0.582 bits per heavy atom. The summed E-state index contributed by atoms with van der Waals surface area (Å²) in [6.45, 7) is 5.72. The second-order valence-corrected chi connectivity index (χ2v) is 17.8. The van der Waals surface area contributed by atoms with Crippen molar-refractivity contribution in [1.82, 2.24) is 4.90 Å². The summed E-state index contributed by atoms with van der Waals surface area (Å²) in [5.41, 5.74) is 4.58. The number of ether oxygens (including phenoxy) is 1. The standard InChI is InChI=1S/C42H40N4O7S2/c1-29-25-31-9-3-5-15-39(31)45(29)54(49,50)37-13-7-11-33(27-37)41(47)44-23-21-43(22-24-44)35-17-19-36(20-18-35)53-42(48)34-12-8-14-38(28-34)55(51,52)46-30(2)26-32-10-4-6-16-40(32)46/h3-20,27-30H,21-26H2,1-2H3/t29-,30-/m1/s1. The van der Waals surface area contributed by atoms with Crippen molar-refractivity contribution in [3.05, 3.63) is 144 Å². The van der Waals surface area contributed by atoms with Gasteiger partial charge in [0.2, 0.25) is 0 Å². The molecule has 8 rings (SSSR count). The number of para-hydroxylation sites is 2. The molecule has 55 heavy (non-hydrogen) atoms. The van der Waals surface area contributed by atoms with E-state index >= 15 is 0 Å². The molecule has 282 valence electrons. The summed E-state index contributed by atoms with van der Waals surface area (Å²) in [4.78, 5) is 30.7. The summed E-state index contributed by atoms with van der Waals surface area (Å²) in [5, 5.41) is 0. The molecule has 0 unspecified atom stereocenters. The SMILES string of the molecule is C[C@@H]1Cc2ccccc2N1S(=O)(=O)c1cccc(C(=O)Oc2ccc(N3CCN(C(=O)c4cccc(S(=O)(=O)N5c6ccccc6C[C@H]5C)c4)CC3)cc2)c1. The predicted molar refractivity (Wildman–Crippen MR) is 211 cm³/mol. The Labute approximate surface area is 321 Å². The predicted octanol–water partition coefficient (Wildman–Crippen LogP) is 6.15. The number of amides is 1. The molecule has 5 aromatic carbocycles. The lowest BCUT2D eigenvalue weighted by Gasteiger charge is -2.36. The largest absolute Gasteiger partial charge is 0.423 e. The van der Waals surface area contributed by atoms with Gasteiger partial charge in [0.05, 0.1) is 26.7 Å². The van der Waals surface area contributed by atoms with Crippen molar-refractivity contribution >= 4 is 49.0 Å². The number of anilines is 3. The maximum absolute atomic E-state index is 13.8. The number of esters is 1. The van der Waals surface area contributed by atoms with Gasteiger partial charge in [-0.3, -0.25) is 13.4 Å². The Morgan fingerprint density at radius 3 is 1.62 bits per heavy atom. The molecule has 0 N–H and O–H groups in total. The van der Waals surface area contributed by atoms with Gasteiger partial charge in [-0.15, -0.1) is 0 Å². The van der Waals surface area contributed by atoms with Crippen LogP contribution in [-0.2, 0) is 32.9 Å². The van der Waals surface area contributed by atoms with Gasteiger partial charge in [0.1, 0.15) is 5.75 Å². The Balaban J connectivity index is 0.889. The van der Waals surface area contributed by atoms with Gasteiger partial charge >= 0.3 is 5.97 Å². The van der Waals surface area contributed by atoms with E-state index in [0.29, 0.717) is 61.7 Å². The number of carbonyl (C=O) groups excluding carboxylic acids is 2. The van der Waals surface area contributed by atoms with Crippen molar-refractivity contribution in [1.29, 1.82) is 0 Å². The number of nitrogens with zero attached hydrogens (tertiary/aromatic N) is 4. The minimum Gasteiger partial charge on any atom is -0.423 e. The van der Waals surface area contributed by atoms with Gasteiger partial charge in [-0.2, -0.15) is 0 Å². The first kappa shape index (κ1) is 36.3. The fourth-order valence-corrected chi connectivity index (χ4v) is 11.3. The maximum Gasteiger partial charge on any atom is 0.343 e. The highest BCUT2D eigenvalue weighted by Gasteiger charge is 2.37. The molecule has 0 radical (unpaired) electrons. The van der Waals surface area contributed by atoms with E-state index in [9.17, 15) is 26.4 Å². The Hall–Kier alpha value is -5.66. The molecule has 13 heteroatoms. The van der Waals surface area contributed by atoms with E-state index in [2.05, 4.69) is 4.90 Å². The molecule has 3 aliphatic heterocycles. The van der Waals surface area contributed by atoms with Gasteiger partial charge in [0, 0.05) is 49.5 Å². The van der Waals surface area contributed by atoms with Crippen LogP contribution in [0.25, 0.3) is 0 Å². The molecule has 0 aliphatic carbocycles. The number of benzene rings is 5. The Morgan fingerprint density at radius 2 is 1.07 bits per heavy atom. The van der Waals surface area contributed by atoms with Gasteiger partial charge in [0.15, 0.2) is 0 Å². The van der Waals surface area contributed by atoms with E-state index in [1.807, 2.05) is 68.4 Å². The van der Waals surface area contributed by atoms with Gasteiger partial charge in [-0.25, -0.2) is 21.6 Å². The second kappa shape index (κ2) is 14.2. The molecule has 11 nitrogen and oxygen atoms in total. The smallest absolute Gasteiger partial charge is 0.343 e. The third kappa shape index (κ3) is 6.71. The molecule has 0 bridgehead atoms. The van der Waals surface area contributed by atoms with Gasteiger partial charge < -0.3 is 14.5 Å². The van der Waals surface area contributed by atoms with Crippen LogP contribution in [0, 0.1) is 0 Å². The maximum atomic E-state index is 13.8. The molecule has 1 fully saturated rings. The third-order valence-electron chi connectivity index (χ3n) is 10.5. The minimum absolute atomic E-state index is 0.0130. The zero-order valence-electron chi connectivity index (χ0n) is 30.4. The van der Waals surface area contributed by atoms with Crippen molar-refractivity contribution < 1.29 is 31.2 Å². The van der Waals surface area contributed by atoms with Crippen LogP contribution in [0.5, 0.6) is 5.75 Å². The lowest BCUT2D eigenvalue weighted by Crippen LogP contribution is -2.48. The molecule has 2 atom stereocenters. The first-order chi connectivity index (χ1) is 26.4. The second-order valence-electron chi connectivity index (χ2n) is 14.2. The van der Waals surface area contributed by atoms with Crippen molar-refractivity contribution in [2.75, 3.05) is 39.7 Å². The summed E-state index contributed by atoms with van der Waals surface area (Å²) in [5.74, 6) is -0.603. The quantitative estimate of drug-likeness (QED) is 0.136. The van der Waals surface area contributed by atoms with Crippen LogP contribution in [0.15, 0.2) is 131 Å². The zero-order chi connectivity index (χ0) is 38.5. The fraction of sp³-hybridized carbons (Fsp3) is 0.238. The number of carbonyl (C=O) groups is 2. The van der Waals surface area contributed by atoms with Gasteiger partial charge in [-0.05, 0) is 111 Å². The lowest BCUT2D eigenvalue weighted by molar-refractivity contribution is 0.0731. The first-order valence-electron chi connectivity index (χ1n) is 18.2. The average molecular weight is 777 g/mol. The van der Waals surface area contributed by atoms with E-state index in [0.717, 1.165) is 16.8 Å². The van der Waals surface area contributed by atoms with Crippen molar-refractivity contribution in [3.63, 3.8) is 0 Å². The number of fused-ring (bicyclic) bond motifs is 2. The van der Waals surface area contributed by atoms with Crippen LogP contribution in [0.1, 0.15) is 45.7 Å². The van der Waals surface area contributed by atoms with Crippen molar-refractivity contribution in [2.45, 2.75) is 48.6 Å². The Kier molecular flexibility index (Phi) is 9.38. The number of hydrogen-bond donors (Lipinski definition) is 0. The number of sulfonamides is 2. The monoisotopic (exact) mass is 776 g/mol. The molecule has 3 aliphatic rings. The lowest BCUT2D eigenvalue weighted by atomic mass is 10.1. The summed E-state index contributed by atoms with van der Waals surface area (Å²) >= 11 is 0. The summed E-state index contributed by atoms with van der Waals surface area (Å²) < 4.78 is 63.5. The van der Waals surface area contributed by atoms with Crippen LogP contribution < -0.4 is 18.2 Å². The van der Waals surface area contributed by atoms with E-state index in [4.69, 9.17) is 4.74 Å². The topological polar surface area (TPSA) is 125 Å². The van der Waals surface area contributed by atoms with Crippen LogP contribution in [0.2, 0.25) is 0 Å². The number of hydrogen-bond acceptors (Lipinski definition) is 8. The average Bonchev–Trinajstić information content (AvgIpc) is 3.74. The third-order valence-corrected chi connectivity index (χ3v) is 14.4. The molecule has 0 aromatic heterocycles. The summed E-state index contributed by atoms with van der Waals surface area (Å²) in [7, 11) is -7.81. The van der Waals surface area contributed by atoms with Gasteiger partial charge in [-0.1, -0.05) is 48.5 Å². The minimum atomic E-state index is -3.93. The van der Waals surface area contributed by atoms with Gasteiger partial charge in [0.25, 0.3) is 26.0 Å². The van der Waals surface area contributed by atoms with E-state index in [1.165, 1.54) is 45.0 Å². The molecular formula is C42H40N4O7S2. The van der Waals surface area contributed by atoms with E-state index in [1.54, 1.807) is 35.2 Å². The summed E-state index contributed by atoms with van der Waals surface area (Å²) in [6, 6.07) is 33.6. The highest BCUT2D eigenvalue weighted by atomic mass is 32.2. The number of piperazine rings is 1. The van der Waals surface area contributed by atoms with Crippen LogP contribution in [0.3, 0.4) is 0 Å². The fourth-order valence-electron chi connectivity index (χ4n) is 7.85. The van der Waals surface area contributed by atoms with Crippen molar-refractivity contribution in [3.8, 4) is 5.75 Å². The molecule has 1 saturated heterocycles. The highest BCUT2D eigenvalue weighted by Crippen LogP contribution is 2.38. The molecule has 0 saturated carbocycles. The summed E-state index contributed by atoms with van der Waals surface area (Å²) in [6.07, 6.45) is 1.24. The van der Waals surface area contributed by atoms with Crippen LogP contribution in [-0.4, -0.2) is 71.9 Å². The van der Waals surface area contributed by atoms with Crippen molar-refractivity contribution in [2.24, 2.45) is 0 Å². The molecule has 0 spiro atoms. The van der Waals surface area contributed by atoms with E-state index in [-0.39, 0.29) is 33.3 Å². The zero-order valence-corrected chi connectivity index (χ0v) is 32.0. The Bertz CT molecular complexity index is 2520. The normalized spacial score (nSPS) is 18.2. The highest BCUT2D eigenvalue weighted by molar-refractivity contribution is 7.93. The molecule has 1 amide bonds. The molecular weight excluding hydrogens is 737 g/mol. The molecule has 3 heterocycles. The van der Waals surface area contributed by atoms with E-state index < -0.39 is 26.0 Å². The van der Waals surface area contributed by atoms with Crippen LogP contribution >= 0.6 is 0 Å². The number of rotatable bonds is 8. The molecule has 5 aromatic rings. The van der Waals surface area contributed by atoms with Crippen LogP contribution in [0.4, 0.5) is 17.1 Å².